The predicted molar refractivity (Wildman–Crippen MR) is 186 cm³/mol. The van der Waals surface area contributed by atoms with E-state index >= 15 is 0 Å². The van der Waals surface area contributed by atoms with Gasteiger partial charge in [0.2, 0.25) is 0 Å². The second-order valence-corrected chi connectivity index (χ2v) is 14.5. The van der Waals surface area contributed by atoms with Crippen molar-refractivity contribution in [3.63, 3.8) is 0 Å². The van der Waals surface area contributed by atoms with Gasteiger partial charge in [-0.15, -0.1) is 0 Å². The Kier molecular flexibility index (Phi) is 10.4. The van der Waals surface area contributed by atoms with Gasteiger partial charge in [-0.25, -0.2) is 26.5 Å². The van der Waals surface area contributed by atoms with Gasteiger partial charge in [-0.05, 0) is 93.3 Å². The van der Waals surface area contributed by atoms with Gasteiger partial charge in [0.05, 0.1) is 26.8 Å². The van der Waals surface area contributed by atoms with E-state index in [4.69, 9.17) is 5.73 Å². The van der Waals surface area contributed by atoms with Crippen molar-refractivity contribution in [1.29, 1.82) is 0 Å². The van der Waals surface area contributed by atoms with E-state index in [-0.39, 0.29) is 12.1 Å². The molecule has 3 unspecified atom stereocenters. The van der Waals surface area contributed by atoms with Crippen LogP contribution in [0.1, 0.15) is 57.8 Å². The molecule has 0 aliphatic carbocycles. The zero-order valence-electron chi connectivity index (χ0n) is 27.2. The third-order valence-corrected chi connectivity index (χ3v) is 9.39. The Hall–Kier alpha value is -4.51. The number of halogens is 4. The number of fused-ring (bicyclic) bond motifs is 2. The Bertz CT molecular complexity index is 2090. The maximum atomic E-state index is 13.9. The molecule has 6 aromatic rings. The Morgan fingerprint density at radius 1 is 0.667 bits per heavy atom. The monoisotopic (exact) mass is 672 g/mol. The molecule has 0 spiro atoms. The molecule has 0 saturated carbocycles. The summed E-state index contributed by atoms with van der Waals surface area (Å²) < 4.78 is 70.1. The molecule has 0 amide bonds. The molecule has 0 radical (unpaired) electrons. The molecular weight excluding hydrogens is 637 g/mol. The topological polar surface area (TPSA) is 80.9 Å². The molecule has 248 valence electrons. The van der Waals surface area contributed by atoms with Crippen LogP contribution in [0.3, 0.4) is 0 Å². The van der Waals surface area contributed by atoms with Crippen LogP contribution in [-0.2, 0) is 11.0 Å². The van der Waals surface area contributed by atoms with Gasteiger partial charge in [-0.1, -0.05) is 36.4 Å². The van der Waals surface area contributed by atoms with E-state index in [0.29, 0.717) is 33.3 Å². The van der Waals surface area contributed by atoms with Crippen LogP contribution in [0, 0.1) is 23.3 Å². The van der Waals surface area contributed by atoms with Gasteiger partial charge in [-0.2, -0.15) is 0 Å². The standard InChI is InChI=1S/C21H22F2N2OS.C17H14F2N2/c1-13(25-27(26)21(2,3)4)18-8-7-14-6-5-9-24-20(14)19(18)15-10-16(22)12-17(23)11-15;1-10(20)15-5-4-11-3-2-6-21-17(11)16(15)12-7-13(18)9-14(19)8-12/h5-13,25H,1-4H3;2-10H,20H2,1H3. The van der Waals surface area contributed by atoms with E-state index in [1.54, 1.807) is 12.4 Å². The summed E-state index contributed by atoms with van der Waals surface area (Å²) in [6.07, 6.45) is 3.31. The molecule has 0 aliphatic heterocycles. The van der Waals surface area contributed by atoms with Gasteiger partial charge in [0.1, 0.15) is 23.3 Å². The van der Waals surface area contributed by atoms with Crippen LogP contribution in [0.15, 0.2) is 97.3 Å². The van der Waals surface area contributed by atoms with Gasteiger partial charge in [0, 0.05) is 58.5 Å². The first-order valence-electron chi connectivity index (χ1n) is 15.3. The van der Waals surface area contributed by atoms with Gasteiger partial charge < -0.3 is 5.73 Å². The van der Waals surface area contributed by atoms with E-state index in [2.05, 4.69) is 14.7 Å². The summed E-state index contributed by atoms with van der Waals surface area (Å²) in [6.45, 7) is 9.37. The van der Waals surface area contributed by atoms with Crippen LogP contribution in [0.5, 0.6) is 0 Å². The fraction of sp³-hybridized carbons (Fsp3) is 0.211. The SMILES string of the molecule is CC(N)c1ccc2cccnc2c1-c1cc(F)cc(F)c1.CC(NS(=O)C(C)(C)C)c1ccc2cccnc2c1-c1cc(F)cc(F)c1. The molecular formula is C38H36F4N4OS. The molecule has 3 atom stereocenters. The lowest BCUT2D eigenvalue weighted by molar-refractivity contribution is 0.583. The highest BCUT2D eigenvalue weighted by molar-refractivity contribution is 7.84. The number of benzene rings is 4. The fourth-order valence-corrected chi connectivity index (χ4v) is 6.27. The summed E-state index contributed by atoms with van der Waals surface area (Å²) in [5, 5.41) is 1.77. The first-order valence-corrected chi connectivity index (χ1v) is 16.5. The molecule has 4 aromatic carbocycles. The van der Waals surface area contributed by atoms with Gasteiger partial charge in [0.15, 0.2) is 0 Å². The predicted octanol–water partition coefficient (Wildman–Crippen LogP) is 9.49. The average molecular weight is 673 g/mol. The van der Waals surface area contributed by atoms with Crippen LogP contribution in [0.4, 0.5) is 17.6 Å². The highest BCUT2D eigenvalue weighted by Gasteiger charge is 2.24. The molecule has 6 rings (SSSR count). The third kappa shape index (κ3) is 7.78. The number of aromatic nitrogens is 2. The van der Waals surface area contributed by atoms with Crippen LogP contribution < -0.4 is 10.5 Å². The van der Waals surface area contributed by atoms with E-state index in [1.165, 1.54) is 24.3 Å². The molecule has 0 saturated heterocycles. The number of hydrogen-bond acceptors (Lipinski definition) is 4. The average Bonchev–Trinajstić information content (AvgIpc) is 3.02. The lowest BCUT2D eigenvalue weighted by atomic mass is 9.93. The lowest BCUT2D eigenvalue weighted by Gasteiger charge is -2.24. The first-order chi connectivity index (χ1) is 22.7. The molecule has 2 aromatic heterocycles. The van der Waals surface area contributed by atoms with E-state index in [9.17, 15) is 21.8 Å². The van der Waals surface area contributed by atoms with Crippen molar-refractivity contribution in [2.75, 3.05) is 0 Å². The molecule has 0 fully saturated rings. The normalized spacial score (nSPS) is 13.5. The number of nitrogens with zero attached hydrogens (tertiary/aromatic N) is 2. The number of hydrogen-bond donors (Lipinski definition) is 2. The van der Waals surface area contributed by atoms with Crippen molar-refractivity contribution in [3.8, 4) is 22.3 Å². The van der Waals surface area contributed by atoms with Crippen molar-refractivity contribution >= 4 is 32.8 Å². The highest BCUT2D eigenvalue weighted by Crippen LogP contribution is 2.36. The number of rotatable bonds is 6. The smallest absolute Gasteiger partial charge is 0.126 e. The second kappa shape index (κ2) is 14.3. The minimum atomic E-state index is -1.29. The van der Waals surface area contributed by atoms with Gasteiger partial charge in [0.25, 0.3) is 0 Å². The van der Waals surface area contributed by atoms with E-state index in [1.807, 2.05) is 83.1 Å². The molecule has 48 heavy (non-hydrogen) atoms. The quantitative estimate of drug-likeness (QED) is 0.173. The first kappa shape index (κ1) is 34.8. The summed E-state index contributed by atoms with van der Waals surface area (Å²) in [5.74, 6) is -2.53. The van der Waals surface area contributed by atoms with Crippen LogP contribution in [0.2, 0.25) is 0 Å². The van der Waals surface area contributed by atoms with Crippen molar-refractivity contribution in [1.82, 2.24) is 14.7 Å². The third-order valence-electron chi connectivity index (χ3n) is 7.71. The molecule has 5 nitrogen and oxygen atoms in total. The highest BCUT2D eigenvalue weighted by atomic mass is 32.2. The Morgan fingerprint density at radius 3 is 1.50 bits per heavy atom. The minimum absolute atomic E-state index is 0.266. The molecule has 2 heterocycles. The number of nitrogens with two attached hydrogens (primary N) is 1. The summed E-state index contributed by atoms with van der Waals surface area (Å²) in [4.78, 5) is 8.80. The zero-order chi connectivity index (χ0) is 34.7. The fourth-order valence-electron chi connectivity index (χ4n) is 5.47. The molecule has 3 N–H and O–H groups in total. The van der Waals surface area contributed by atoms with Crippen molar-refractivity contribution in [3.05, 3.63) is 132 Å². The van der Waals surface area contributed by atoms with Crippen molar-refractivity contribution in [2.24, 2.45) is 5.73 Å². The minimum Gasteiger partial charge on any atom is -0.324 e. The molecule has 0 bridgehead atoms. The Balaban J connectivity index is 0.000000194. The summed E-state index contributed by atoms with van der Waals surface area (Å²) in [6, 6.07) is 21.4. The maximum absolute atomic E-state index is 13.9. The Labute approximate surface area is 279 Å². The summed E-state index contributed by atoms with van der Waals surface area (Å²) in [7, 11) is -1.29. The van der Waals surface area contributed by atoms with Crippen LogP contribution in [-0.4, -0.2) is 18.9 Å². The van der Waals surface area contributed by atoms with E-state index < -0.39 is 39.0 Å². The zero-order valence-corrected chi connectivity index (χ0v) is 28.0. The molecule has 0 aliphatic rings. The van der Waals surface area contributed by atoms with Gasteiger partial charge >= 0.3 is 0 Å². The van der Waals surface area contributed by atoms with Crippen molar-refractivity contribution < 1.29 is 21.8 Å². The molecule has 10 heteroatoms. The number of nitrogens with one attached hydrogen (secondary N) is 1. The largest absolute Gasteiger partial charge is 0.324 e. The lowest BCUT2D eigenvalue weighted by Crippen LogP contribution is -2.35. The van der Waals surface area contributed by atoms with Crippen LogP contribution >= 0.6 is 0 Å². The Morgan fingerprint density at radius 2 is 1.08 bits per heavy atom. The maximum Gasteiger partial charge on any atom is 0.126 e. The summed E-state index contributed by atoms with van der Waals surface area (Å²) >= 11 is 0. The van der Waals surface area contributed by atoms with Crippen LogP contribution in [0.25, 0.3) is 44.1 Å². The van der Waals surface area contributed by atoms with Gasteiger partial charge in [-0.3, -0.25) is 9.97 Å². The summed E-state index contributed by atoms with van der Waals surface area (Å²) in [5.41, 5.74) is 11.1. The second-order valence-electron chi connectivity index (χ2n) is 12.5. The van der Waals surface area contributed by atoms with Crippen molar-refractivity contribution in [2.45, 2.75) is 51.4 Å². The number of pyridine rings is 2. The van der Waals surface area contributed by atoms with E-state index in [0.717, 1.165) is 34.0 Å².